The Labute approximate surface area is 311 Å². The van der Waals surface area contributed by atoms with E-state index >= 15 is 0 Å². The van der Waals surface area contributed by atoms with Gasteiger partial charge in [-0.1, -0.05) is 147 Å². The van der Waals surface area contributed by atoms with Crippen LogP contribution < -0.4 is 0 Å². The molecule has 1 saturated heterocycles. The zero-order chi connectivity index (χ0) is 37.2. The minimum absolute atomic E-state index is 0.113. The first-order valence-electron chi connectivity index (χ1n) is 20.9. The number of ether oxygens (including phenoxy) is 4. The molecule has 1 aliphatic heterocycles. The Morgan fingerprint density at radius 3 is 1.69 bits per heavy atom. The lowest BCUT2D eigenvalue weighted by molar-refractivity contribution is -0.305. The molecule has 0 spiro atoms. The van der Waals surface area contributed by atoms with Gasteiger partial charge in [-0.05, 0) is 44.9 Å². The molecule has 0 amide bonds. The highest BCUT2D eigenvalue weighted by molar-refractivity contribution is 5.69. The fraction of sp³-hybridized carbons (Fsp3) is 0.881. The third-order valence-corrected chi connectivity index (χ3v) is 9.62. The van der Waals surface area contributed by atoms with Crippen LogP contribution in [0, 0.1) is 0 Å². The molecule has 9 nitrogen and oxygen atoms in total. The molecule has 1 rings (SSSR count). The molecule has 6 unspecified atom stereocenters. The molecule has 0 aromatic heterocycles. The van der Waals surface area contributed by atoms with Crippen LogP contribution in [0.2, 0.25) is 0 Å². The minimum atomic E-state index is -1.53. The summed E-state index contributed by atoms with van der Waals surface area (Å²) < 4.78 is 22.6. The standard InChI is InChI=1S/C42H78O9/c1-3-5-7-9-11-12-13-14-15-16-17-18-19-20-21-22-23-24-25-27-29-31-38(44)50-36(34-48-32-30-28-26-10-8-6-4-2)35-49-42-41(47)40(46)39(45)37(33-43)51-42/h13-14,16-17,36-37,39-43,45-47H,3-12,15,18-35H2,1-2H3/b14-13-,17-16-. The monoisotopic (exact) mass is 727 g/mol. The Bertz CT molecular complexity index is 833. The van der Waals surface area contributed by atoms with Gasteiger partial charge in [-0.15, -0.1) is 0 Å². The third-order valence-electron chi connectivity index (χ3n) is 9.62. The van der Waals surface area contributed by atoms with Gasteiger partial charge in [0.2, 0.25) is 0 Å². The predicted octanol–water partition coefficient (Wildman–Crippen LogP) is 8.64. The first-order valence-corrected chi connectivity index (χ1v) is 20.9. The first-order chi connectivity index (χ1) is 24.9. The van der Waals surface area contributed by atoms with Crippen molar-refractivity contribution < 1.29 is 44.2 Å². The second kappa shape index (κ2) is 34.4. The Balaban J connectivity index is 2.20. The quantitative estimate of drug-likeness (QED) is 0.0288. The number of aliphatic hydroxyl groups is 4. The molecule has 1 fully saturated rings. The van der Waals surface area contributed by atoms with E-state index in [1.54, 1.807) is 0 Å². The maximum atomic E-state index is 12.7. The smallest absolute Gasteiger partial charge is 0.306 e. The fourth-order valence-corrected chi connectivity index (χ4v) is 6.29. The van der Waals surface area contributed by atoms with Crippen LogP contribution in [0.3, 0.4) is 0 Å². The summed E-state index contributed by atoms with van der Waals surface area (Å²) in [5.74, 6) is -0.320. The van der Waals surface area contributed by atoms with Gasteiger partial charge in [-0.3, -0.25) is 4.79 Å². The SMILES string of the molecule is CCCCCCC/C=C\C/C=C\CCCCCCCCCCCC(=O)OC(COCCCCCCCCC)COC1OC(CO)C(O)C(O)C1O. The summed E-state index contributed by atoms with van der Waals surface area (Å²) in [6.07, 6.45) is 30.7. The van der Waals surface area contributed by atoms with E-state index in [0.29, 0.717) is 13.0 Å². The number of carbonyl (C=O) groups is 1. The molecule has 0 aromatic rings. The van der Waals surface area contributed by atoms with Crippen LogP contribution >= 0.6 is 0 Å². The van der Waals surface area contributed by atoms with Crippen LogP contribution in [-0.4, -0.2) is 89.6 Å². The predicted molar refractivity (Wildman–Crippen MR) is 205 cm³/mol. The summed E-state index contributed by atoms with van der Waals surface area (Å²) >= 11 is 0. The number of aliphatic hydroxyl groups excluding tert-OH is 4. The van der Waals surface area contributed by atoms with Gasteiger partial charge >= 0.3 is 5.97 Å². The molecular formula is C42H78O9. The Morgan fingerprint density at radius 1 is 0.627 bits per heavy atom. The van der Waals surface area contributed by atoms with Crippen molar-refractivity contribution in [2.75, 3.05) is 26.4 Å². The molecule has 0 aliphatic carbocycles. The molecule has 51 heavy (non-hydrogen) atoms. The normalized spacial score (nSPS) is 21.6. The molecular weight excluding hydrogens is 648 g/mol. The molecule has 9 heteroatoms. The molecule has 0 radical (unpaired) electrons. The molecule has 0 aromatic carbocycles. The van der Waals surface area contributed by atoms with E-state index in [0.717, 1.165) is 38.5 Å². The number of unbranched alkanes of at least 4 members (excludes halogenated alkanes) is 20. The van der Waals surface area contributed by atoms with E-state index in [1.165, 1.54) is 116 Å². The number of hydrogen-bond acceptors (Lipinski definition) is 9. The highest BCUT2D eigenvalue weighted by atomic mass is 16.7. The lowest BCUT2D eigenvalue weighted by Gasteiger charge is -2.39. The van der Waals surface area contributed by atoms with Crippen molar-refractivity contribution in [2.24, 2.45) is 0 Å². The summed E-state index contributed by atoms with van der Waals surface area (Å²) in [5, 5.41) is 39.9. The number of allylic oxidation sites excluding steroid dienone is 4. The summed E-state index contributed by atoms with van der Waals surface area (Å²) in [6, 6.07) is 0. The van der Waals surface area contributed by atoms with Crippen LogP contribution in [0.15, 0.2) is 24.3 Å². The van der Waals surface area contributed by atoms with E-state index < -0.39 is 43.4 Å². The summed E-state index contributed by atoms with van der Waals surface area (Å²) in [4.78, 5) is 12.7. The largest absolute Gasteiger partial charge is 0.457 e. The highest BCUT2D eigenvalue weighted by Crippen LogP contribution is 2.22. The van der Waals surface area contributed by atoms with Crippen LogP contribution in [-0.2, 0) is 23.7 Å². The second-order valence-corrected chi connectivity index (χ2v) is 14.4. The fourth-order valence-electron chi connectivity index (χ4n) is 6.29. The lowest BCUT2D eigenvalue weighted by Crippen LogP contribution is -2.59. The molecule has 1 heterocycles. The van der Waals surface area contributed by atoms with Gasteiger partial charge in [-0.2, -0.15) is 0 Å². The van der Waals surface area contributed by atoms with Crippen LogP contribution in [0.25, 0.3) is 0 Å². The molecule has 4 N–H and O–H groups in total. The number of rotatable bonds is 35. The summed E-state index contributed by atoms with van der Waals surface area (Å²) in [7, 11) is 0. The Kier molecular flexibility index (Phi) is 32.2. The van der Waals surface area contributed by atoms with Gasteiger partial charge in [-0.25, -0.2) is 0 Å². The average Bonchev–Trinajstić information content (AvgIpc) is 3.13. The Hall–Kier alpha value is -1.33. The van der Waals surface area contributed by atoms with E-state index in [9.17, 15) is 25.2 Å². The molecule has 6 atom stereocenters. The Morgan fingerprint density at radius 2 is 1.14 bits per heavy atom. The summed E-state index contributed by atoms with van der Waals surface area (Å²) in [5.41, 5.74) is 0. The van der Waals surface area contributed by atoms with Gasteiger partial charge in [0.05, 0.1) is 19.8 Å². The van der Waals surface area contributed by atoms with Crippen molar-refractivity contribution in [1.29, 1.82) is 0 Å². The zero-order valence-corrected chi connectivity index (χ0v) is 32.6. The lowest BCUT2D eigenvalue weighted by atomic mass is 9.99. The van der Waals surface area contributed by atoms with Crippen LogP contribution in [0.5, 0.6) is 0 Å². The van der Waals surface area contributed by atoms with Crippen molar-refractivity contribution in [1.82, 2.24) is 0 Å². The number of hydrogen-bond donors (Lipinski definition) is 4. The van der Waals surface area contributed by atoms with Crippen molar-refractivity contribution in [3.8, 4) is 0 Å². The van der Waals surface area contributed by atoms with Gasteiger partial charge < -0.3 is 39.4 Å². The molecule has 0 bridgehead atoms. The first kappa shape index (κ1) is 47.7. The number of esters is 1. The molecule has 0 saturated carbocycles. The van der Waals surface area contributed by atoms with Crippen molar-refractivity contribution in [3.05, 3.63) is 24.3 Å². The third kappa shape index (κ3) is 26.1. The van der Waals surface area contributed by atoms with Gasteiger partial charge in [0, 0.05) is 13.0 Å². The minimum Gasteiger partial charge on any atom is -0.457 e. The average molecular weight is 727 g/mol. The van der Waals surface area contributed by atoms with E-state index in [4.69, 9.17) is 18.9 Å². The van der Waals surface area contributed by atoms with E-state index in [-0.39, 0.29) is 19.2 Å². The highest BCUT2D eigenvalue weighted by Gasteiger charge is 2.44. The van der Waals surface area contributed by atoms with Gasteiger partial charge in [0.15, 0.2) is 6.29 Å². The van der Waals surface area contributed by atoms with Crippen molar-refractivity contribution in [3.63, 3.8) is 0 Å². The van der Waals surface area contributed by atoms with Crippen molar-refractivity contribution >= 4 is 5.97 Å². The second-order valence-electron chi connectivity index (χ2n) is 14.4. The van der Waals surface area contributed by atoms with E-state index in [2.05, 4.69) is 38.2 Å². The van der Waals surface area contributed by atoms with Crippen LogP contribution in [0.4, 0.5) is 0 Å². The van der Waals surface area contributed by atoms with Gasteiger partial charge in [0.1, 0.15) is 30.5 Å². The topological polar surface area (TPSA) is 135 Å². The molecule has 1 aliphatic rings. The maximum Gasteiger partial charge on any atom is 0.306 e. The van der Waals surface area contributed by atoms with E-state index in [1.807, 2.05) is 0 Å². The zero-order valence-electron chi connectivity index (χ0n) is 32.6. The number of carbonyl (C=O) groups excluding carboxylic acids is 1. The van der Waals surface area contributed by atoms with Crippen molar-refractivity contribution in [2.45, 2.75) is 211 Å². The molecule has 300 valence electrons. The van der Waals surface area contributed by atoms with Crippen LogP contribution in [0.1, 0.15) is 174 Å². The van der Waals surface area contributed by atoms with Gasteiger partial charge in [0.25, 0.3) is 0 Å². The maximum absolute atomic E-state index is 12.7. The summed E-state index contributed by atoms with van der Waals surface area (Å²) in [6.45, 7) is 4.51.